The number of hydrogen-bond donors (Lipinski definition) is 1. The number of hydrogen-bond acceptors (Lipinski definition) is 3. The highest BCUT2D eigenvalue weighted by atomic mass is 35.5. The van der Waals surface area contributed by atoms with Crippen LogP contribution in [-0.2, 0) is 9.53 Å². The number of nitrogens with zero attached hydrogens (tertiary/aromatic N) is 1. The maximum atomic E-state index is 13.5. The largest absolute Gasteiger partial charge is 0.368 e. The first-order valence-corrected chi connectivity index (χ1v) is 7.64. The number of carbonyl (C=O) groups excluding carboxylic acids is 1. The second kappa shape index (κ2) is 7.90. The molecule has 0 bridgehead atoms. The Morgan fingerprint density at radius 1 is 1.36 bits per heavy atom. The summed E-state index contributed by atoms with van der Waals surface area (Å²) in [7, 11) is 0. The Morgan fingerprint density at radius 2 is 2.23 bits per heavy atom. The molecule has 122 valence electrons. The summed E-state index contributed by atoms with van der Waals surface area (Å²) in [5.41, 5.74) is 0.839. The zero-order valence-corrected chi connectivity index (χ0v) is 13.3. The van der Waals surface area contributed by atoms with Gasteiger partial charge in [-0.1, -0.05) is 12.1 Å². The lowest BCUT2D eigenvalue weighted by Gasteiger charge is -2.39. The molecular formula is C16H22ClFN2O2. The van der Waals surface area contributed by atoms with Gasteiger partial charge < -0.3 is 15.0 Å². The Kier molecular flexibility index (Phi) is 6.17. The molecule has 0 aliphatic carbocycles. The van der Waals surface area contributed by atoms with Crippen LogP contribution in [0.5, 0.6) is 0 Å². The molecule has 0 saturated carbocycles. The zero-order chi connectivity index (χ0) is 14.7. The molecule has 1 aromatic carbocycles. The first kappa shape index (κ1) is 17.2. The maximum Gasteiger partial charge on any atom is 0.252 e. The van der Waals surface area contributed by atoms with Crippen LogP contribution in [0.25, 0.3) is 0 Å². The summed E-state index contributed by atoms with van der Waals surface area (Å²) in [6, 6.07) is 6.39. The van der Waals surface area contributed by atoms with Gasteiger partial charge in [0.1, 0.15) is 11.9 Å². The molecule has 0 radical (unpaired) electrons. The van der Waals surface area contributed by atoms with Crippen molar-refractivity contribution < 1.29 is 13.9 Å². The van der Waals surface area contributed by atoms with E-state index in [2.05, 4.69) is 5.32 Å². The van der Waals surface area contributed by atoms with Crippen LogP contribution in [0.1, 0.15) is 30.9 Å². The van der Waals surface area contributed by atoms with E-state index in [4.69, 9.17) is 4.74 Å². The second-order valence-corrected chi connectivity index (χ2v) is 5.66. The number of halogens is 2. The maximum absolute atomic E-state index is 13.5. The third-order valence-electron chi connectivity index (χ3n) is 4.22. The zero-order valence-electron chi connectivity index (χ0n) is 12.5. The van der Waals surface area contributed by atoms with Crippen LogP contribution in [0.4, 0.5) is 4.39 Å². The molecule has 6 heteroatoms. The highest BCUT2D eigenvalue weighted by molar-refractivity contribution is 5.85. The molecule has 2 aliphatic heterocycles. The molecule has 4 nitrogen and oxygen atoms in total. The van der Waals surface area contributed by atoms with Crippen molar-refractivity contribution in [3.63, 3.8) is 0 Å². The summed E-state index contributed by atoms with van der Waals surface area (Å²) in [6.45, 7) is 2.72. The highest BCUT2D eigenvalue weighted by Crippen LogP contribution is 2.26. The molecular weight excluding hydrogens is 307 g/mol. The molecule has 1 amide bonds. The first-order chi connectivity index (χ1) is 10.3. The SMILES string of the molecule is Cl.O=C(C1CCCCO1)N1CCNCC1c1cccc(F)c1. The van der Waals surface area contributed by atoms with Gasteiger partial charge in [-0.05, 0) is 37.0 Å². The predicted molar refractivity (Wildman–Crippen MR) is 84.6 cm³/mol. The van der Waals surface area contributed by atoms with Gasteiger partial charge in [0.15, 0.2) is 0 Å². The van der Waals surface area contributed by atoms with Gasteiger partial charge >= 0.3 is 0 Å². The van der Waals surface area contributed by atoms with Crippen molar-refractivity contribution in [3.05, 3.63) is 35.6 Å². The van der Waals surface area contributed by atoms with Crippen LogP contribution in [0, 0.1) is 5.82 Å². The van der Waals surface area contributed by atoms with Crippen molar-refractivity contribution in [1.82, 2.24) is 10.2 Å². The number of ether oxygens (including phenoxy) is 1. The standard InChI is InChI=1S/C16H21FN2O2.ClH/c17-13-5-3-4-12(10-13)14-11-18-7-8-19(14)16(20)15-6-1-2-9-21-15;/h3-5,10,14-15,18H,1-2,6-9,11H2;1H. The third kappa shape index (κ3) is 3.77. The Morgan fingerprint density at radius 3 is 2.95 bits per heavy atom. The van der Waals surface area contributed by atoms with Crippen LogP contribution in [0.3, 0.4) is 0 Å². The van der Waals surface area contributed by atoms with E-state index in [1.54, 1.807) is 6.07 Å². The van der Waals surface area contributed by atoms with E-state index in [9.17, 15) is 9.18 Å². The predicted octanol–water partition coefficient (Wildman–Crippen LogP) is 2.29. The lowest BCUT2D eigenvalue weighted by atomic mass is 10.0. The molecule has 2 fully saturated rings. The average molecular weight is 329 g/mol. The van der Waals surface area contributed by atoms with Crippen molar-refractivity contribution in [2.75, 3.05) is 26.2 Å². The smallest absolute Gasteiger partial charge is 0.252 e. The van der Waals surface area contributed by atoms with E-state index < -0.39 is 0 Å². The molecule has 3 rings (SSSR count). The van der Waals surface area contributed by atoms with E-state index in [0.717, 1.165) is 31.4 Å². The number of rotatable bonds is 2. The fourth-order valence-corrected chi connectivity index (χ4v) is 3.10. The Bertz CT molecular complexity index is 509. The molecule has 2 saturated heterocycles. The molecule has 2 atom stereocenters. The summed E-state index contributed by atoms with van der Waals surface area (Å²) in [4.78, 5) is 14.5. The molecule has 2 aliphatic rings. The summed E-state index contributed by atoms with van der Waals surface area (Å²) in [6.07, 6.45) is 2.53. The van der Waals surface area contributed by atoms with E-state index in [-0.39, 0.29) is 36.3 Å². The molecule has 0 spiro atoms. The van der Waals surface area contributed by atoms with Gasteiger partial charge in [0.2, 0.25) is 0 Å². The Balaban J connectivity index is 0.00000176. The van der Waals surface area contributed by atoms with E-state index >= 15 is 0 Å². The van der Waals surface area contributed by atoms with Crippen LogP contribution in [-0.4, -0.2) is 43.2 Å². The normalized spacial score (nSPS) is 25.4. The lowest BCUT2D eigenvalue weighted by molar-refractivity contribution is -0.150. The van der Waals surface area contributed by atoms with Crippen molar-refractivity contribution in [1.29, 1.82) is 0 Å². The van der Waals surface area contributed by atoms with Crippen molar-refractivity contribution in [3.8, 4) is 0 Å². The minimum atomic E-state index is -0.326. The van der Waals surface area contributed by atoms with Crippen LogP contribution in [0.2, 0.25) is 0 Å². The minimum Gasteiger partial charge on any atom is -0.368 e. The monoisotopic (exact) mass is 328 g/mol. The second-order valence-electron chi connectivity index (χ2n) is 5.66. The molecule has 1 N–H and O–H groups in total. The van der Waals surface area contributed by atoms with Gasteiger partial charge in [-0.15, -0.1) is 12.4 Å². The molecule has 1 aromatic rings. The summed E-state index contributed by atoms with van der Waals surface area (Å²) in [5.74, 6) is -0.218. The third-order valence-corrected chi connectivity index (χ3v) is 4.22. The number of carbonyl (C=O) groups is 1. The molecule has 2 heterocycles. The summed E-state index contributed by atoms with van der Waals surface area (Å²) < 4.78 is 19.1. The van der Waals surface area contributed by atoms with E-state index in [1.807, 2.05) is 11.0 Å². The number of benzene rings is 1. The quantitative estimate of drug-likeness (QED) is 0.905. The van der Waals surface area contributed by atoms with Gasteiger partial charge in [-0.25, -0.2) is 4.39 Å². The van der Waals surface area contributed by atoms with E-state index in [0.29, 0.717) is 19.7 Å². The average Bonchev–Trinajstić information content (AvgIpc) is 2.55. The summed E-state index contributed by atoms with van der Waals surface area (Å²) in [5, 5.41) is 3.28. The van der Waals surface area contributed by atoms with Crippen molar-refractivity contribution >= 4 is 18.3 Å². The number of amides is 1. The Hall–Kier alpha value is -1.17. The van der Waals surface area contributed by atoms with Gasteiger partial charge in [0, 0.05) is 26.2 Å². The fraction of sp³-hybridized carbons (Fsp3) is 0.562. The molecule has 22 heavy (non-hydrogen) atoms. The highest BCUT2D eigenvalue weighted by Gasteiger charge is 2.33. The van der Waals surface area contributed by atoms with Gasteiger partial charge in [0.25, 0.3) is 5.91 Å². The molecule has 0 aromatic heterocycles. The first-order valence-electron chi connectivity index (χ1n) is 7.64. The number of piperazine rings is 1. The number of nitrogens with one attached hydrogen (secondary N) is 1. The van der Waals surface area contributed by atoms with Crippen LogP contribution >= 0.6 is 12.4 Å². The summed E-state index contributed by atoms with van der Waals surface area (Å²) >= 11 is 0. The van der Waals surface area contributed by atoms with Gasteiger partial charge in [0.05, 0.1) is 6.04 Å². The van der Waals surface area contributed by atoms with Crippen molar-refractivity contribution in [2.24, 2.45) is 0 Å². The Labute approximate surface area is 136 Å². The topological polar surface area (TPSA) is 41.6 Å². The fourth-order valence-electron chi connectivity index (χ4n) is 3.10. The van der Waals surface area contributed by atoms with Crippen molar-refractivity contribution in [2.45, 2.75) is 31.4 Å². The minimum absolute atomic E-state index is 0. The van der Waals surface area contributed by atoms with Gasteiger partial charge in [-0.2, -0.15) is 0 Å². The van der Waals surface area contributed by atoms with E-state index in [1.165, 1.54) is 12.1 Å². The molecule has 2 unspecified atom stereocenters. The lowest BCUT2D eigenvalue weighted by Crippen LogP contribution is -2.52. The van der Waals surface area contributed by atoms with Crippen LogP contribution in [0.15, 0.2) is 24.3 Å². The van der Waals surface area contributed by atoms with Crippen LogP contribution < -0.4 is 5.32 Å². The van der Waals surface area contributed by atoms with Gasteiger partial charge in [-0.3, -0.25) is 4.79 Å².